The molecule has 0 aliphatic carbocycles. The molecule has 2 N–H and O–H groups in total. The van der Waals surface area contributed by atoms with Crippen LogP contribution in [0.25, 0.3) is 0 Å². The van der Waals surface area contributed by atoms with Gasteiger partial charge in [0.25, 0.3) is 0 Å². The molecule has 3 aliphatic heterocycles. The van der Waals surface area contributed by atoms with Crippen LogP contribution in [0.2, 0.25) is 0 Å². The summed E-state index contributed by atoms with van der Waals surface area (Å²) in [5.41, 5.74) is 1.24. The van der Waals surface area contributed by atoms with Gasteiger partial charge >= 0.3 is 5.97 Å². The third-order valence-corrected chi connectivity index (χ3v) is 6.18. The standard InChI is InChI=1S/C20H30O5/c1-11-6-5-7-12(2)14-8-9-20(4,25-14)18(22)17(21)16-13(3)19(23)24-15(16)10-11/h6,12,14-15,17-18,21-22H,5,7-10H2,1-4H3. The molecule has 0 aromatic rings. The van der Waals surface area contributed by atoms with Gasteiger partial charge in [-0.25, -0.2) is 4.79 Å². The van der Waals surface area contributed by atoms with E-state index in [1.807, 2.05) is 13.8 Å². The summed E-state index contributed by atoms with van der Waals surface area (Å²) in [6.45, 7) is 7.73. The Hall–Kier alpha value is -1.17. The Labute approximate surface area is 149 Å². The summed E-state index contributed by atoms with van der Waals surface area (Å²) in [6, 6.07) is 0. The molecule has 0 spiro atoms. The summed E-state index contributed by atoms with van der Waals surface area (Å²) < 4.78 is 11.7. The lowest BCUT2D eigenvalue weighted by molar-refractivity contribution is -0.146. The van der Waals surface area contributed by atoms with Gasteiger partial charge in [-0.05, 0) is 52.4 Å². The second-order valence-corrected chi connectivity index (χ2v) is 8.18. The molecule has 0 aromatic heterocycles. The molecular formula is C20H30O5. The monoisotopic (exact) mass is 350 g/mol. The third kappa shape index (κ3) is 3.42. The minimum atomic E-state index is -1.16. The molecule has 5 heteroatoms. The first-order valence-corrected chi connectivity index (χ1v) is 9.34. The van der Waals surface area contributed by atoms with Crippen LogP contribution in [0.1, 0.15) is 59.8 Å². The van der Waals surface area contributed by atoms with Crippen molar-refractivity contribution in [2.24, 2.45) is 5.92 Å². The highest BCUT2D eigenvalue weighted by Crippen LogP contribution is 2.41. The number of aliphatic hydroxyl groups excluding tert-OH is 2. The first-order chi connectivity index (χ1) is 11.7. The summed E-state index contributed by atoms with van der Waals surface area (Å²) in [5.74, 6) is -0.00983. The highest BCUT2D eigenvalue weighted by molar-refractivity contribution is 5.92. The lowest BCUT2D eigenvalue weighted by atomic mass is 9.84. The number of aliphatic hydroxyl groups is 2. The van der Waals surface area contributed by atoms with Crippen molar-refractivity contribution in [3.63, 3.8) is 0 Å². The maximum atomic E-state index is 12.0. The van der Waals surface area contributed by atoms with E-state index in [-0.39, 0.29) is 6.10 Å². The Morgan fingerprint density at radius 1 is 1.24 bits per heavy atom. The van der Waals surface area contributed by atoms with Crippen molar-refractivity contribution in [1.29, 1.82) is 0 Å². The fourth-order valence-corrected chi connectivity index (χ4v) is 4.37. The number of rotatable bonds is 0. The van der Waals surface area contributed by atoms with E-state index < -0.39 is 29.9 Å². The number of hydrogen-bond acceptors (Lipinski definition) is 5. The average Bonchev–Trinajstić information content (AvgIpc) is 3.07. The smallest absolute Gasteiger partial charge is 0.334 e. The normalized spacial score (nSPS) is 42.9. The maximum Gasteiger partial charge on any atom is 0.334 e. The highest BCUT2D eigenvalue weighted by Gasteiger charge is 2.49. The van der Waals surface area contributed by atoms with Gasteiger partial charge in [-0.1, -0.05) is 18.6 Å². The molecule has 0 aromatic carbocycles. The number of ether oxygens (including phenoxy) is 2. The Morgan fingerprint density at radius 3 is 2.68 bits per heavy atom. The lowest BCUT2D eigenvalue weighted by Gasteiger charge is -2.35. The van der Waals surface area contributed by atoms with Gasteiger partial charge in [-0.15, -0.1) is 0 Å². The van der Waals surface area contributed by atoms with Crippen molar-refractivity contribution < 1.29 is 24.5 Å². The van der Waals surface area contributed by atoms with Crippen LogP contribution in [0.3, 0.4) is 0 Å². The van der Waals surface area contributed by atoms with Crippen LogP contribution in [0, 0.1) is 5.92 Å². The Balaban J connectivity index is 1.97. The second-order valence-electron chi connectivity index (χ2n) is 8.18. The zero-order chi connectivity index (χ0) is 18.4. The van der Waals surface area contributed by atoms with E-state index in [0.29, 0.717) is 29.9 Å². The largest absolute Gasteiger partial charge is 0.454 e. The van der Waals surface area contributed by atoms with Gasteiger partial charge in [-0.3, -0.25) is 0 Å². The summed E-state index contributed by atoms with van der Waals surface area (Å²) in [4.78, 5) is 12.0. The zero-order valence-electron chi connectivity index (χ0n) is 15.6. The molecule has 0 radical (unpaired) electrons. The van der Waals surface area contributed by atoms with E-state index in [9.17, 15) is 15.0 Å². The summed E-state index contributed by atoms with van der Waals surface area (Å²) in [6.07, 6.45) is 3.61. The first kappa shape index (κ1) is 18.6. The zero-order valence-corrected chi connectivity index (χ0v) is 15.6. The van der Waals surface area contributed by atoms with Crippen molar-refractivity contribution >= 4 is 5.97 Å². The SMILES string of the molecule is CC1=CCCC(C)C2CCC(C)(O2)C(O)C(O)C2=C(C)C(=O)OC2C1. The van der Waals surface area contributed by atoms with Gasteiger partial charge in [0.05, 0.1) is 11.7 Å². The van der Waals surface area contributed by atoms with Gasteiger partial charge in [0.1, 0.15) is 18.3 Å². The van der Waals surface area contributed by atoms with Crippen molar-refractivity contribution in [1.82, 2.24) is 0 Å². The molecule has 1 fully saturated rings. The molecule has 2 bridgehead atoms. The number of hydrogen-bond donors (Lipinski definition) is 2. The van der Waals surface area contributed by atoms with E-state index in [2.05, 4.69) is 13.0 Å². The Morgan fingerprint density at radius 2 is 1.96 bits per heavy atom. The number of carbonyl (C=O) groups is 1. The fourth-order valence-electron chi connectivity index (χ4n) is 4.37. The quantitative estimate of drug-likeness (QED) is 0.519. The van der Waals surface area contributed by atoms with Crippen LogP contribution in [-0.2, 0) is 14.3 Å². The summed E-state index contributed by atoms with van der Waals surface area (Å²) in [7, 11) is 0. The lowest BCUT2D eigenvalue weighted by Crippen LogP contribution is -2.49. The Bertz CT molecular complexity index is 607. The highest BCUT2D eigenvalue weighted by atomic mass is 16.6. The molecule has 0 saturated carbocycles. The van der Waals surface area contributed by atoms with Crippen LogP contribution < -0.4 is 0 Å². The van der Waals surface area contributed by atoms with E-state index >= 15 is 0 Å². The van der Waals surface area contributed by atoms with Crippen LogP contribution in [0.5, 0.6) is 0 Å². The van der Waals surface area contributed by atoms with E-state index in [1.165, 1.54) is 0 Å². The second kappa shape index (κ2) is 6.86. The molecule has 1 saturated heterocycles. The van der Waals surface area contributed by atoms with Crippen LogP contribution in [-0.4, -0.2) is 46.2 Å². The predicted octanol–water partition coefficient (Wildman–Crippen LogP) is 2.65. The maximum absolute atomic E-state index is 12.0. The van der Waals surface area contributed by atoms with E-state index in [4.69, 9.17) is 9.47 Å². The van der Waals surface area contributed by atoms with Crippen molar-refractivity contribution in [3.8, 4) is 0 Å². The molecular weight excluding hydrogens is 320 g/mol. The summed E-state index contributed by atoms with van der Waals surface area (Å²) >= 11 is 0. The topological polar surface area (TPSA) is 76.0 Å². The van der Waals surface area contributed by atoms with Crippen LogP contribution >= 0.6 is 0 Å². The van der Waals surface area contributed by atoms with E-state index in [1.54, 1.807) is 6.92 Å². The van der Waals surface area contributed by atoms with Gasteiger partial charge in [0.2, 0.25) is 0 Å². The molecule has 5 nitrogen and oxygen atoms in total. The number of fused-ring (bicyclic) bond motifs is 3. The number of carbonyl (C=O) groups excluding carboxylic acids is 1. The first-order valence-electron chi connectivity index (χ1n) is 9.34. The number of allylic oxidation sites excluding steroid dienone is 1. The Kier molecular flexibility index (Phi) is 5.11. The van der Waals surface area contributed by atoms with Crippen LogP contribution in [0.15, 0.2) is 22.8 Å². The van der Waals surface area contributed by atoms with Crippen molar-refractivity contribution in [2.75, 3.05) is 0 Å². The molecule has 6 atom stereocenters. The van der Waals surface area contributed by atoms with Crippen molar-refractivity contribution in [3.05, 3.63) is 22.8 Å². The third-order valence-electron chi connectivity index (χ3n) is 6.18. The molecule has 140 valence electrons. The van der Waals surface area contributed by atoms with Crippen molar-refractivity contribution in [2.45, 2.75) is 89.8 Å². The van der Waals surface area contributed by atoms with E-state index in [0.717, 1.165) is 24.8 Å². The van der Waals surface area contributed by atoms with Gasteiger partial charge in [0, 0.05) is 17.6 Å². The average molecular weight is 350 g/mol. The molecule has 3 aliphatic rings. The molecule has 3 rings (SSSR count). The molecule has 3 heterocycles. The molecule has 25 heavy (non-hydrogen) atoms. The minimum absolute atomic E-state index is 0.0913. The predicted molar refractivity (Wildman–Crippen MR) is 93.9 cm³/mol. The molecule has 0 amide bonds. The van der Waals surface area contributed by atoms with Gasteiger partial charge in [-0.2, -0.15) is 0 Å². The van der Waals surface area contributed by atoms with Gasteiger partial charge < -0.3 is 19.7 Å². The minimum Gasteiger partial charge on any atom is -0.454 e. The molecule has 6 unspecified atom stereocenters. The van der Waals surface area contributed by atoms with Crippen LogP contribution in [0.4, 0.5) is 0 Å². The van der Waals surface area contributed by atoms with Gasteiger partial charge in [0.15, 0.2) is 0 Å². The summed E-state index contributed by atoms with van der Waals surface area (Å²) in [5, 5.41) is 21.8. The number of esters is 1. The fraction of sp³-hybridized carbons (Fsp3) is 0.750.